The van der Waals surface area contributed by atoms with Crippen molar-refractivity contribution < 1.29 is 13.7 Å². The Kier molecular flexibility index (Phi) is 11.3. The summed E-state index contributed by atoms with van der Waals surface area (Å²) >= 11 is 0. The molecule has 84 heavy (non-hydrogen) atoms. The Bertz CT molecular complexity index is 5220. The summed E-state index contributed by atoms with van der Waals surface area (Å²) in [6.45, 7) is 6.68. The molecule has 12 aromatic carbocycles. The van der Waals surface area contributed by atoms with E-state index in [4.69, 9.17) is 0 Å². The average molecular weight is 1080 g/mol. The summed E-state index contributed by atoms with van der Waals surface area (Å²) in [6.07, 6.45) is 4.50. The zero-order valence-electron chi connectivity index (χ0n) is 48.1. The van der Waals surface area contributed by atoms with Gasteiger partial charge in [-0.05, 0) is 155 Å². The van der Waals surface area contributed by atoms with Crippen molar-refractivity contribution in [3.63, 3.8) is 0 Å². The number of fused-ring (bicyclic) bond motifs is 12. The van der Waals surface area contributed by atoms with Gasteiger partial charge in [0.1, 0.15) is 21.1 Å². The Balaban J connectivity index is 0.000000103. The van der Waals surface area contributed by atoms with Crippen LogP contribution >= 0.6 is 0 Å². The van der Waals surface area contributed by atoms with Gasteiger partial charge >= 0.3 is 0 Å². The van der Waals surface area contributed by atoms with E-state index in [0.717, 1.165) is 0 Å². The molecule has 0 amide bonds. The minimum absolute atomic E-state index is 1.26. The lowest BCUT2D eigenvalue weighted by atomic mass is 9.92. The molecule has 0 atom stereocenters. The summed E-state index contributed by atoms with van der Waals surface area (Å²) in [6, 6.07) is 88.7. The molecule has 3 aliphatic carbocycles. The van der Waals surface area contributed by atoms with Gasteiger partial charge in [-0.2, -0.15) is 4.57 Å². The van der Waals surface area contributed by atoms with Crippen molar-refractivity contribution in [3.05, 3.63) is 272 Å². The summed E-state index contributed by atoms with van der Waals surface area (Å²) in [5.74, 6) is 0. The Hall–Kier alpha value is -10.4. The van der Waals surface area contributed by atoms with E-state index in [-0.39, 0.29) is 0 Å². The van der Waals surface area contributed by atoms with Gasteiger partial charge in [-0.15, -0.1) is 0 Å². The molecule has 0 aliphatic heterocycles. The number of nitrogens with zero attached hydrogens (tertiary/aromatic N) is 3. The van der Waals surface area contributed by atoms with Crippen LogP contribution in [0, 0.1) is 20.8 Å². The Morgan fingerprint density at radius 1 is 0.262 bits per heavy atom. The van der Waals surface area contributed by atoms with E-state index in [9.17, 15) is 0 Å². The summed E-state index contributed by atoms with van der Waals surface area (Å²) in [5, 5.41) is 15.9. The third-order valence-electron chi connectivity index (χ3n) is 18.5. The lowest BCUT2D eigenvalue weighted by Gasteiger charge is -2.12. The van der Waals surface area contributed by atoms with Crippen LogP contribution in [0.15, 0.2) is 255 Å². The van der Waals surface area contributed by atoms with Crippen molar-refractivity contribution in [2.24, 2.45) is 21.1 Å². The first-order valence-electron chi connectivity index (χ1n) is 29.3. The van der Waals surface area contributed by atoms with Gasteiger partial charge in [0.25, 0.3) is 0 Å². The molecule has 0 fully saturated rings. The molecule has 3 nitrogen and oxygen atoms in total. The Morgan fingerprint density at radius 3 is 1.32 bits per heavy atom. The minimum atomic E-state index is 1.26. The summed E-state index contributed by atoms with van der Waals surface area (Å²) < 4.78 is 6.93. The molecule has 3 heteroatoms. The number of hydrogen-bond donors (Lipinski definition) is 0. The van der Waals surface area contributed by atoms with Crippen LogP contribution in [-0.2, 0) is 21.1 Å². The molecule has 0 spiro atoms. The van der Waals surface area contributed by atoms with Crippen LogP contribution in [0.5, 0.6) is 0 Å². The molecular formula is C81H60N3+3. The maximum Gasteiger partial charge on any atom is 0.221 e. The van der Waals surface area contributed by atoms with Crippen molar-refractivity contribution in [1.29, 1.82) is 0 Å². The maximum absolute atomic E-state index is 2.38. The highest BCUT2D eigenvalue weighted by Crippen LogP contribution is 2.52. The van der Waals surface area contributed by atoms with Crippen molar-refractivity contribution in [2.45, 2.75) is 20.8 Å². The second-order valence-electron chi connectivity index (χ2n) is 23.3. The van der Waals surface area contributed by atoms with Gasteiger partial charge in [-0.3, -0.25) is 0 Å². The Morgan fingerprint density at radius 2 is 0.714 bits per heavy atom. The van der Waals surface area contributed by atoms with Gasteiger partial charge < -0.3 is 0 Å². The van der Waals surface area contributed by atoms with Crippen LogP contribution in [-0.4, -0.2) is 0 Å². The molecule has 0 N–H and O–H groups in total. The third kappa shape index (κ3) is 7.55. The molecule has 0 saturated heterocycles. The zero-order chi connectivity index (χ0) is 56.5. The summed E-state index contributed by atoms with van der Waals surface area (Å²) in [4.78, 5) is 0. The second-order valence-corrected chi connectivity index (χ2v) is 23.3. The van der Waals surface area contributed by atoms with Gasteiger partial charge in [-0.1, -0.05) is 194 Å². The van der Waals surface area contributed by atoms with E-state index in [1.165, 1.54) is 182 Å². The largest absolute Gasteiger partial charge is 0.221 e. The monoisotopic (exact) mass is 1070 g/mol. The highest BCUT2D eigenvalue weighted by molar-refractivity contribution is 6.18. The second kappa shape index (κ2) is 19.1. The van der Waals surface area contributed by atoms with E-state index in [1.54, 1.807) is 0 Å². The zero-order valence-corrected chi connectivity index (χ0v) is 48.1. The van der Waals surface area contributed by atoms with Gasteiger partial charge in [-0.25, -0.2) is 9.13 Å². The van der Waals surface area contributed by atoms with Crippen molar-refractivity contribution in [1.82, 2.24) is 0 Å². The third-order valence-corrected chi connectivity index (χ3v) is 18.5. The average Bonchev–Trinajstić information content (AvgIpc) is 1.79. The smallest absolute Gasteiger partial charge is 0.200 e. The first-order valence-corrected chi connectivity index (χ1v) is 29.3. The van der Waals surface area contributed by atoms with E-state index in [0.29, 0.717) is 0 Å². The fourth-order valence-corrected chi connectivity index (χ4v) is 14.6. The lowest BCUT2D eigenvalue weighted by molar-refractivity contribution is -0.660. The molecular weight excluding hydrogens is 1010 g/mol. The van der Waals surface area contributed by atoms with Crippen LogP contribution in [0.2, 0.25) is 0 Å². The van der Waals surface area contributed by atoms with Crippen LogP contribution < -0.4 is 13.7 Å². The Labute approximate surface area is 489 Å². The first kappa shape index (κ1) is 49.5. The molecule has 3 aliphatic rings. The molecule has 15 aromatic rings. The van der Waals surface area contributed by atoms with E-state index < -0.39 is 0 Å². The van der Waals surface area contributed by atoms with E-state index in [2.05, 4.69) is 311 Å². The quantitative estimate of drug-likeness (QED) is 0.156. The van der Waals surface area contributed by atoms with Crippen molar-refractivity contribution >= 4 is 64.6 Å². The number of aryl methyl sites for hydroxylation is 5. The number of hydrogen-bond acceptors (Lipinski definition) is 0. The van der Waals surface area contributed by atoms with Gasteiger partial charge in [0.2, 0.25) is 22.8 Å². The summed E-state index contributed by atoms with van der Waals surface area (Å²) in [5.41, 5.74) is 27.8. The van der Waals surface area contributed by atoms with Crippen molar-refractivity contribution in [2.75, 3.05) is 0 Å². The topological polar surface area (TPSA) is 11.6 Å². The normalized spacial score (nSPS) is 11.9. The van der Waals surface area contributed by atoms with Gasteiger partial charge in [0.05, 0.1) is 27.8 Å². The molecule has 0 unspecified atom stereocenters. The van der Waals surface area contributed by atoms with E-state index >= 15 is 0 Å². The standard InChI is InChI=1S/3C27H20N/c1-17-20-10-4-3-7-18(20)13-14-21(17)27-26-23(15-16-28(27)2)22-11-5-8-19-9-6-12-24(26)25(19)22;1-17-13-19-7-3-4-8-20(19)14-23(17)26-15-24-21-11-5-9-18-10-6-12-22(27(18)21)25(24)16-28(26)2;1-17-15-19-7-3-4-8-20(19)16-24(17)25-14-13-22-21-11-5-9-18-10-6-12-23(26(18)21)27(22)28(25)2/h3*3-16H,1-2H3/q3*+1. The van der Waals surface area contributed by atoms with Crippen LogP contribution in [0.4, 0.5) is 0 Å². The fourth-order valence-electron chi connectivity index (χ4n) is 14.6. The SMILES string of the molecule is Cc1c(-c2c3c(cc[n+]2C)-c2cccc4cccc-3c24)ccc2ccccc12.Cc1cc2ccccc2cc1-c1cc2c(c[n+]1C)-c1cccc3cccc-2c13.Cc1cc2ccccc2cc1-c1ccc2c([n+]1C)-c1cccc3cccc-2c13. The number of rotatable bonds is 3. The lowest BCUT2D eigenvalue weighted by Crippen LogP contribution is -2.34. The first-order chi connectivity index (χ1) is 41.2. The minimum Gasteiger partial charge on any atom is -0.200 e. The number of pyridine rings is 3. The maximum atomic E-state index is 2.38. The molecule has 0 radical (unpaired) electrons. The van der Waals surface area contributed by atoms with Crippen molar-refractivity contribution in [3.8, 4) is 101 Å². The molecule has 0 saturated carbocycles. The molecule has 18 rings (SSSR count). The summed E-state index contributed by atoms with van der Waals surface area (Å²) in [7, 11) is 6.52. The number of aromatic nitrogens is 3. The van der Waals surface area contributed by atoms with Crippen LogP contribution in [0.25, 0.3) is 165 Å². The molecule has 3 heterocycles. The van der Waals surface area contributed by atoms with Gasteiger partial charge in [0, 0.05) is 45.8 Å². The highest BCUT2D eigenvalue weighted by Gasteiger charge is 2.33. The number of benzene rings is 12. The molecule has 3 aromatic heterocycles. The van der Waals surface area contributed by atoms with E-state index in [1.807, 2.05) is 0 Å². The molecule has 0 bridgehead atoms. The predicted molar refractivity (Wildman–Crippen MR) is 352 cm³/mol. The molecule has 396 valence electrons. The highest BCUT2D eigenvalue weighted by atomic mass is 15.0. The van der Waals surface area contributed by atoms with Crippen LogP contribution in [0.3, 0.4) is 0 Å². The predicted octanol–water partition coefficient (Wildman–Crippen LogP) is 19.3. The van der Waals surface area contributed by atoms with Crippen LogP contribution in [0.1, 0.15) is 16.7 Å². The fraction of sp³-hybridized carbons (Fsp3) is 0.0741. The van der Waals surface area contributed by atoms with Gasteiger partial charge in [0.15, 0.2) is 12.4 Å².